The second-order valence-corrected chi connectivity index (χ2v) is 1.99. The molecule has 0 aliphatic heterocycles. The van der Waals surface area contributed by atoms with Gasteiger partial charge in [-0.15, -0.1) is 0 Å². The Bertz CT molecular complexity index is 282. The molecule has 0 aromatic carbocycles. The van der Waals surface area contributed by atoms with E-state index in [1.54, 1.807) is 0 Å². The summed E-state index contributed by atoms with van der Waals surface area (Å²) in [5.41, 5.74) is 4.35. The average molecular weight is 199 g/mol. The average Bonchev–Trinajstić information content (AvgIpc) is 2.70. The molecule has 7 nitrogen and oxygen atoms in total. The van der Waals surface area contributed by atoms with Crippen molar-refractivity contribution >= 4 is 11.8 Å². The first-order valence-electron chi connectivity index (χ1n) is 4.13. The van der Waals surface area contributed by atoms with Gasteiger partial charge in [0, 0.05) is 6.92 Å². The molecule has 0 spiro atoms. The fourth-order valence-corrected chi connectivity index (χ4v) is 0.520. The summed E-state index contributed by atoms with van der Waals surface area (Å²) >= 11 is 0. The Hall–Kier alpha value is -1.92. The molecule has 0 saturated heterocycles. The van der Waals surface area contributed by atoms with Crippen molar-refractivity contribution < 1.29 is 9.59 Å². The molecule has 0 bridgehead atoms. The van der Waals surface area contributed by atoms with Crippen LogP contribution < -0.4 is 10.9 Å². The molecular formula is C7H13N5O2. The van der Waals surface area contributed by atoms with Crippen molar-refractivity contribution in [3.8, 4) is 0 Å². The van der Waals surface area contributed by atoms with E-state index >= 15 is 0 Å². The fourth-order valence-electron chi connectivity index (χ4n) is 0.520. The van der Waals surface area contributed by atoms with Crippen LogP contribution in [0.5, 0.6) is 0 Å². The van der Waals surface area contributed by atoms with Crippen molar-refractivity contribution in [1.82, 2.24) is 26.3 Å². The van der Waals surface area contributed by atoms with Crippen LogP contribution in [0.25, 0.3) is 0 Å². The van der Waals surface area contributed by atoms with E-state index in [4.69, 9.17) is 0 Å². The lowest BCUT2D eigenvalue weighted by molar-refractivity contribution is -0.119. The number of aromatic nitrogens is 3. The number of carbonyl (C=O) groups is 2. The smallest absolute Gasteiger partial charge is 0.274 e. The summed E-state index contributed by atoms with van der Waals surface area (Å²) in [5, 5.41) is 9.18. The third-order valence-electron chi connectivity index (χ3n) is 1.000. The maximum absolute atomic E-state index is 11.0. The molecular weight excluding hydrogens is 186 g/mol. The van der Waals surface area contributed by atoms with Crippen LogP contribution in [0.3, 0.4) is 0 Å². The highest BCUT2D eigenvalue weighted by Crippen LogP contribution is 1.85. The molecule has 1 aromatic heterocycles. The molecule has 2 amide bonds. The summed E-state index contributed by atoms with van der Waals surface area (Å²) < 4.78 is 0. The molecule has 1 aromatic rings. The number of nitrogens with zero attached hydrogens (tertiary/aromatic N) is 2. The molecule has 0 aliphatic carbocycles. The zero-order valence-corrected chi connectivity index (χ0v) is 8.29. The molecule has 0 atom stereocenters. The Kier molecular flexibility index (Phi) is 5.68. The lowest BCUT2D eigenvalue weighted by Crippen LogP contribution is -2.40. The van der Waals surface area contributed by atoms with Gasteiger partial charge in [-0.2, -0.15) is 15.4 Å². The monoisotopic (exact) mass is 199 g/mol. The maximum Gasteiger partial charge on any atom is 0.291 e. The van der Waals surface area contributed by atoms with Gasteiger partial charge < -0.3 is 0 Å². The Labute approximate surface area is 81.2 Å². The van der Waals surface area contributed by atoms with Crippen LogP contribution in [-0.2, 0) is 4.79 Å². The lowest BCUT2D eigenvalue weighted by Gasteiger charge is -2.00. The first-order chi connectivity index (χ1) is 6.70. The number of hydrogen-bond acceptors (Lipinski definition) is 4. The highest BCUT2D eigenvalue weighted by molar-refractivity contribution is 5.92. The third-order valence-corrected chi connectivity index (χ3v) is 1.000. The summed E-state index contributed by atoms with van der Waals surface area (Å²) in [7, 11) is 0. The fraction of sp³-hybridized carbons (Fsp3) is 0.429. The standard InChI is InChI=1S/C5H7N5O2.C2H6/c1-3(11)7-9-5(12)4-2-6-10-8-4;1-2/h2H,1H3,(H,7,11)(H,9,12)(H,6,8,10);1-2H3. The van der Waals surface area contributed by atoms with E-state index in [2.05, 4.69) is 26.3 Å². The minimum atomic E-state index is -0.515. The Morgan fingerprint density at radius 3 is 2.43 bits per heavy atom. The number of hydrazine groups is 1. The molecule has 1 heterocycles. The van der Waals surface area contributed by atoms with Gasteiger partial charge in [-0.25, -0.2) is 0 Å². The predicted molar refractivity (Wildman–Crippen MR) is 49.0 cm³/mol. The first kappa shape index (κ1) is 12.1. The van der Waals surface area contributed by atoms with Crippen LogP contribution >= 0.6 is 0 Å². The summed E-state index contributed by atoms with van der Waals surface area (Å²) in [5.74, 6) is -0.870. The Morgan fingerprint density at radius 1 is 1.36 bits per heavy atom. The third kappa shape index (κ3) is 4.19. The number of hydrogen-bond donors (Lipinski definition) is 3. The van der Waals surface area contributed by atoms with Crippen molar-refractivity contribution in [3.05, 3.63) is 11.9 Å². The first-order valence-corrected chi connectivity index (χ1v) is 4.13. The SMILES string of the molecule is CC.CC(=O)NNC(=O)c1cn[nH]n1. The van der Waals surface area contributed by atoms with Crippen LogP contribution in [0.15, 0.2) is 6.20 Å². The minimum absolute atomic E-state index is 0.115. The Morgan fingerprint density at radius 2 is 2.00 bits per heavy atom. The predicted octanol–water partition coefficient (Wildman–Crippen LogP) is -0.388. The van der Waals surface area contributed by atoms with E-state index in [-0.39, 0.29) is 11.6 Å². The number of carbonyl (C=O) groups excluding carboxylic acids is 2. The van der Waals surface area contributed by atoms with Gasteiger partial charge >= 0.3 is 0 Å². The molecule has 14 heavy (non-hydrogen) atoms. The zero-order chi connectivity index (χ0) is 11.0. The Balaban J connectivity index is 0.000000791. The van der Waals surface area contributed by atoms with Gasteiger partial charge in [-0.05, 0) is 0 Å². The maximum atomic E-state index is 11.0. The normalized spacial score (nSPS) is 8.21. The topological polar surface area (TPSA) is 99.8 Å². The summed E-state index contributed by atoms with van der Waals surface area (Å²) in [6.45, 7) is 5.28. The zero-order valence-electron chi connectivity index (χ0n) is 8.29. The van der Waals surface area contributed by atoms with Crippen LogP contribution in [0, 0.1) is 0 Å². The largest absolute Gasteiger partial charge is 0.291 e. The van der Waals surface area contributed by atoms with Crippen molar-refractivity contribution in [3.63, 3.8) is 0 Å². The van der Waals surface area contributed by atoms with Gasteiger partial charge in [0.15, 0.2) is 5.69 Å². The highest BCUT2D eigenvalue weighted by Gasteiger charge is 2.07. The molecule has 0 aliphatic rings. The molecule has 78 valence electrons. The molecule has 0 fully saturated rings. The summed E-state index contributed by atoms with van der Waals surface area (Å²) in [4.78, 5) is 21.3. The van der Waals surface area contributed by atoms with Gasteiger partial charge in [0.05, 0.1) is 6.20 Å². The van der Waals surface area contributed by atoms with Crippen LogP contribution in [0.2, 0.25) is 0 Å². The molecule has 0 unspecified atom stereocenters. The van der Waals surface area contributed by atoms with Crippen molar-refractivity contribution in [2.24, 2.45) is 0 Å². The quantitative estimate of drug-likeness (QED) is 0.536. The van der Waals surface area contributed by atoms with E-state index < -0.39 is 5.91 Å². The minimum Gasteiger partial charge on any atom is -0.274 e. The van der Waals surface area contributed by atoms with E-state index in [1.807, 2.05) is 13.8 Å². The van der Waals surface area contributed by atoms with Gasteiger partial charge in [0.2, 0.25) is 5.91 Å². The van der Waals surface area contributed by atoms with Crippen molar-refractivity contribution in [2.75, 3.05) is 0 Å². The highest BCUT2D eigenvalue weighted by atomic mass is 16.2. The van der Waals surface area contributed by atoms with Gasteiger partial charge in [-0.1, -0.05) is 13.8 Å². The van der Waals surface area contributed by atoms with Crippen LogP contribution in [0.4, 0.5) is 0 Å². The lowest BCUT2D eigenvalue weighted by atomic mass is 10.5. The summed E-state index contributed by atoms with van der Waals surface area (Å²) in [6, 6.07) is 0. The molecule has 0 radical (unpaired) electrons. The summed E-state index contributed by atoms with van der Waals surface area (Å²) in [6.07, 6.45) is 1.25. The van der Waals surface area contributed by atoms with E-state index in [0.29, 0.717) is 0 Å². The van der Waals surface area contributed by atoms with Crippen LogP contribution in [-0.4, -0.2) is 27.2 Å². The number of rotatable bonds is 1. The van der Waals surface area contributed by atoms with E-state index in [1.165, 1.54) is 13.1 Å². The number of aromatic amines is 1. The molecule has 0 saturated carbocycles. The van der Waals surface area contributed by atoms with Gasteiger partial charge in [0.25, 0.3) is 5.91 Å². The van der Waals surface area contributed by atoms with Crippen molar-refractivity contribution in [1.29, 1.82) is 0 Å². The molecule has 7 heteroatoms. The molecule has 1 rings (SSSR count). The van der Waals surface area contributed by atoms with Crippen LogP contribution in [0.1, 0.15) is 31.3 Å². The second-order valence-electron chi connectivity index (χ2n) is 1.99. The van der Waals surface area contributed by atoms with Gasteiger partial charge in [0.1, 0.15) is 0 Å². The number of H-pyrrole nitrogens is 1. The number of nitrogens with one attached hydrogen (secondary N) is 3. The van der Waals surface area contributed by atoms with Crippen molar-refractivity contribution in [2.45, 2.75) is 20.8 Å². The van der Waals surface area contributed by atoms with E-state index in [9.17, 15) is 9.59 Å². The van der Waals surface area contributed by atoms with Gasteiger partial charge in [-0.3, -0.25) is 20.4 Å². The second kappa shape index (κ2) is 6.58. The van der Waals surface area contributed by atoms with E-state index in [0.717, 1.165) is 0 Å². The number of amides is 2. The molecule has 3 N–H and O–H groups in total.